The van der Waals surface area contributed by atoms with Crippen LogP contribution in [0.1, 0.15) is 25.3 Å². The van der Waals surface area contributed by atoms with E-state index in [4.69, 9.17) is 0 Å². The summed E-state index contributed by atoms with van der Waals surface area (Å²) >= 11 is 0. The van der Waals surface area contributed by atoms with Crippen molar-refractivity contribution in [3.05, 3.63) is 48.0 Å². The minimum atomic E-state index is -0.298. The number of hydrogen-bond acceptors (Lipinski definition) is 2. The molecule has 1 amide bonds. The van der Waals surface area contributed by atoms with Crippen LogP contribution in [0.15, 0.2) is 42.5 Å². The Morgan fingerprint density at radius 2 is 2.06 bits per heavy atom. The maximum atomic E-state index is 11.9. The lowest BCUT2D eigenvalue weighted by Gasteiger charge is -2.31. The number of Topliss-reactive ketones (excluding diaryl/α,β-unsaturated/α-hetero) is 1. The predicted molar refractivity (Wildman–Crippen MR) is 69.8 cm³/mol. The molecule has 1 heterocycles. The lowest BCUT2D eigenvalue weighted by Crippen LogP contribution is -2.45. The van der Waals surface area contributed by atoms with E-state index in [2.05, 4.69) is 0 Å². The molecule has 0 saturated carbocycles. The van der Waals surface area contributed by atoms with E-state index in [1.807, 2.05) is 37.3 Å². The molecule has 0 N–H and O–H groups in total. The van der Waals surface area contributed by atoms with Gasteiger partial charge in [0.05, 0.1) is 6.04 Å². The SMILES string of the molecule is CCC(=O)[C@@H]1CC=CC(=O)N1Cc1ccccc1. The van der Waals surface area contributed by atoms with Crippen LogP contribution in [0.5, 0.6) is 0 Å². The zero-order valence-corrected chi connectivity index (χ0v) is 10.5. The van der Waals surface area contributed by atoms with E-state index in [0.717, 1.165) is 5.56 Å². The first-order chi connectivity index (χ1) is 8.72. The molecule has 1 aromatic rings. The molecule has 0 aromatic heterocycles. The molecule has 1 aliphatic heterocycles. The Labute approximate surface area is 107 Å². The summed E-state index contributed by atoms with van der Waals surface area (Å²) in [4.78, 5) is 25.5. The van der Waals surface area contributed by atoms with E-state index >= 15 is 0 Å². The molecule has 1 atom stereocenters. The third-order valence-electron chi connectivity index (χ3n) is 3.19. The summed E-state index contributed by atoms with van der Waals surface area (Å²) in [6.45, 7) is 2.34. The van der Waals surface area contributed by atoms with Crippen molar-refractivity contribution in [1.29, 1.82) is 0 Å². The van der Waals surface area contributed by atoms with Gasteiger partial charge in [-0.1, -0.05) is 43.3 Å². The summed E-state index contributed by atoms with van der Waals surface area (Å²) in [6, 6.07) is 9.47. The van der Waals surface area contributed by atoms with Crippen molar-refractivity contribution in [2.75, 3.05) is 0 Å². The van der Waals surface area contributed by atoms with Crippen molar-refractivity contribution < 1.29 is 9.59 Å². The van der Waals surface area contributed by atoms with Crippen LogP contribution in [0.2, 0.25) is 0 Å². The van der Waals surface area contributed by atoms with Gasteiger partial charge in [-0.25, -0.2) is 0 Å². The molecule has 0 fully saturated rings. The molecule has 0 radical (unpaired) electrons. The fourth-order valence-electron chi connectivity index (χ4n) is 2.18. The zero-order chi connectivity index (χ0) is 13.0. The molecular weight excluding hydrogens is 226 g/mol. The molecule has 18 heavy (non-hydrogen) atoms. The van der Waals surface area contributed by atoms with Crippen LogP contribution in [0.3, 0.4) is 0 Å². The Bertz CT molecular complexity index is 465. The number of nitrogens with zero attached hydrogens (tertiary/aromatic N) is 1. The Morgan fingerprint density at radius 3 is 2.72 bits per heavy atom. The smallest absolute Gasteiger partial charge is 0.247 e. The van der Waals surface area contributed by atoms with Crippen LogP contribution >= 0.6 is 0 Å². The molecule has 0 spiro atoms. The maximum Gasteiger partial charge on any atom is 0.247 e. The summed E-state index contributed by atoms with van der Waals surface area (Å²) in [5, 5.41) is 0. The van der Waals surface area contributed by atoms with Crippen molar-refractivity contribution in [2.24, 2.45) is 0 Å². The van der Waals surface area contributed by atoms with Gasteiger partial charge < -0.3 is 4.90 Å². The zero-order valence-electron chi connectivity index (χ0n) is 10.5. The topological polar surface area (TPSA) is 37.4 Å². The van der Waals surface area contributed by atoms with Gasteiger partial charge in [0, 0.05) is 13.0 Å². The first-order valence-corrected chi connectivity index (χ1v) is 6.26. The maximum absolute atomic E-state index is 11.9. The molecule has 3 nitrogen and oxygen atoms in total. The van der Waals surface area contributed by atoms with Crippen LogP contribution in [0, 0.1) is 0 Å². The average molecular weight is 243 g/mol. The number of ketones is 1. The molecule has 1 aliphatic rings. The second-order valence-corrected chi connectivity index (χ2v) is 4.43. The van der Waals surface area contributed by atoms with Crippen LogP contribution in [-0.2, 0) is 16.1 Å². The Morgan fingerprint density at radius 1 is 1.33 bits per heavy atom. The second-order valence-electron chi connectivity index (χ2n) is 4.43. The van der Waals surface area contributed by atoms with Gasteiger partial charge in [0.15, 0.2) is 5.78 Å². The molecule has 0 unspecified atom stereocenters. The van der Waals surface area contributed by atoms with E-state index in [9.17, 15) is 9.59 Å². The Hall–Kier alpha value is -1.90. The third-order valence-corrected chi connectivity index (χ3v) is 3.19. The van der Waals surface area contributed by atoms with Crippen LogP contribution in [0.4, 0.5) is 0 Å². The van der Waals surface area contributed by atoms with Crippen LogP contribution in [0.25, 0.3) is 0 Å². The average Bonchev–Trinajstić information content (AvgIpc) is 2.41. The fraction of sp³-hybridized carbons (Fsp3) is 0.333. The van der Waals surface area contributed by atoms with Gasteiger partial charge >= 0.3 is 0 Å². The molecule has 0 saturated heterocycles. The normalized spacial score (nSPS) is 19.1. The second kappa shape index (κ2) is 5.63. The number of benzene rings is 1. The van der Waals surface area contributed by atoms with Gasteiger partial charge in [0.2, 0.25) is 5.91 Å². The first kappa shape index (κ1) is 12.6. The van der Waals surface area contributed by atoms with Crippen molar-refractivity contribution in [3.63, 3.8) is 0 Å². The number of carbonyl (C=O) groups is 2. The first-order valence-electron chi connectivity index (χ1n) is 6.26. The van der Waals surface area contributed by atoms with Gasteiger partial charge in [-0.05, 0) is 18.1 Å². The van der Waals surface area contributed by atoms with E-state index in [1.54, 1.807) is 17.1 Å². The molecule has 2 rings (SSSR count). The van der Waals surface area contributed by atoms with Crippen LogP contribution < -0.4 is 0 Å². The predicted octanol–water partition coefficient (Wildman–Crippen LogP) is 2.32. The van der Waals surface area contributed by atoms with Crippen molar-refractivity contribution >= 4 is 11.7 Å². The summed E-state index contributed by atoms with van der Waals surface area (Å²) in [5.74, 6) is 0.0561. The highest BCUT2D eigenvalue weighted by Gasteiger charge is 2.29. The van der Waals surface area contributed by atoms with Crippen LogP contribution in [-0.4, -0.2) is 22.6 Å². The van der Waals surface area contributed by atoms with Gasteiger partial charge in [-0.2, -0.15) is 0 Å². The monoisotopic (exact) mass is 243 g/mol. The highest BCUT2D eigenvalue weighted by Crippen LogP contribution is 2.18. The minimum absolute atomic E-state index is 0.0723. The number of rotatable bonds is 4. The largest absolute Gasteiger partial charge is 0.324 e. The quantitative estimate of drug-likeness (QED) is 0.814. The summed E-state index contributed by atoms with van der Waals surface area (Å²) in [6.07, 6.45) is 4.45. The summed E-state index contributed by atoms with van der Waals surface area (Å²) in [7, 11) is 0. The van der Waals surface area contributed by atoms with Gasteiger partial charge in [0.1, 0.15) is 0 Å². The lowest BCUT2D eigenvalue weighted by atomic mass is 10.0. The molecule has 94 valence electrons. The van der Waals surface area contributed by atoms with E-state index in [1.165, 1.54) is 0 Å². The highest BCUT2D eigenvalue weighted by atomic mass is 16.2. The molecule has 0 aliphatic carbocycles. The molecule has 3 heteroatoms. The van der Waals surface area contributed by atoms with Gasteiger partial charge in [-0.15, -0.1) is 0 Å². The van der Waals surface area contributed by atoms with Crippen molar-refractivity contribution in [3.8, 4) is 0 Å². The number of hydrogen-bond donors (Lipinski definition) is 0. The van der Waals surface area contributed by atoms with E-state index in [0.29, 0.717) is 19.4 Å². The Balaban J connectivity index is 2.19. The van der Waals surface area contributed by atoms with Crippen molar-refractivity contribution in [2.45, 2.75) is 32.4 Å². The Kier molecular flexibility index (Phi) is 3.92. The number of carbonyl (C=O) groups excluding carboxylic acids is 2. The molecule has 1 aromatic carbocycles. The van der Waals surface area contributed by atoms with E-state index in [-0.39, 0.29) is 17.7 Å². The van der Waals surface area contributed by atoms with Gasteiger partial charge in [-0.3, -0.25) is 9.59 Å². The summed E-state index contributed by atoms with van der Waals surface area (Å²) in [5.41, 5.74) is 1.05. The third kappa shape index (κ3) is 2.67. The molecular formula is C15H17NO2. The molecule has 0 bridgehead atoms. The lowest BCUT2D eigenvalue weighted by molar-refractivity contribution is -0.137. The summed E-state index contributed by atoms with van der Waals surface area (Å²) < 4.78 is 0. The highest BCUT2D eigenvalue weighted by molar-refractivity contribution is 5.95. The standard InChI is InChI=1S/C15H17NO2/c1-2-14(17)13-9-6-10-15(18)16(13)11-12-7-4-3-5-8-12/h3-8,10,13H,2,9,11H2,1H3/t13-/m0/s1. The van der Waals surface area contributed by atoms with Gasteiger partial charge in [0.25, 0.3) is 0 Å². The fourth-order valence-corrected chi connectivity index (χ4v) is 2.18. The van der Waals surface area contributed by atoms with Crippen molar-refractivity contribution in [1.82, 2.24) is 4.90 Å². The number of amides is 1. The minimum Gasteiger partial charge on any atom is -0.324 e. The van der Waals surface area contributed by atoms with E-state index < -0.39 is 0 Å².